The number of anilines is 1. The number of carbonyl (C=O) groups excluding carboxylic acids is 1. The zero-order chi connectivity index (χ0) is 24.9. The average molecular weight is 488 g/mol. The van der Waals surface area contributed by atoms with E-state index in [1.54, 1.807) is 61.8 Å². The fraction of sp³-hybridized carbons (Fsp3) is 0.292. The van der Waals surface area contributed by atoms with E-state index >= 15 is 0 Å². The molecule has 0 atom stereocenters. The summed E-state index contributed by atoms with van der Waals surface area (Å²) >= 11 is 1.16. The van der Waals surface area contributed by atoms with Gasteiger partial charge in [-0.2, -0.15) is 5.10 Å². The van der Waals surface area contributed by atoms with Gasteiger partial charge in [-0.25, -0.2) is 13.9 Å². The van der Waals surface area contributed by atoms with Crippen LogP contribution in [0.3, 0.4) is 0 Å². The summed E-state index contributed by atoms with van der Waals surface area (Å²) in [6.45, 7) is 8.38. The van der Waals surface area contributed by atoms with Crippen LogP contribution in [-0.2, 0) is 13.1 Å². The molecule has 1 aliphatic heterocycles. The Hall–Kier alpha value is -3.37. The number of nitrogens with one attached hydrogen (secondary N) is 2. The number of halogens is 1. The molecule has 0 saturated carbocycles. The number of benzene rings is 2. The van der Waals surface area contributed by atoms with Crippen molar-refractivity contribution in [3.8, 4) is 17.4 Å². The quantitative estimate of drug-likeness (QED) is 0.383. The Morgan fingerprint density at radius 1 is 1.15 bits per heavy atom. The number of hydrogen-bond acceptors (Lipinski definition) is 8. The van der Waals surface area contributed by atoms with Gasteiger partial charge in [0.2, 0.25) is 5.88 Å². The first-order valence-corrected chi connectivity index (χ1v) is 11.9. The maximum absolute atomic E-state index is 14.7. The number of aromatic nitrogens is 2. The predicted octanol–water partition coefficient (Wildman–Crippen LogP) is 6.17. The molecule has 34 heavy (non-hydrogen) atoms. The lowest BCUT2D eigenvalue weighted by atomic mass is 10.1. The van der Waals surface area contributed by atoms with E-state index in [9.17, 15) is 9.18 Å². The van der Waals surface area contributed by atoms with Crippen LogP contribution in [0.2, 0.25) is 0 Å². The van der Waals surface area contributed by atoms with Crippen LogP contribution in [0, 0.1) is 5.82 Å². The summed E-state index contributed by atoms with van der Waals surface area (Å²) in [4.78, 5) is 13.9. The van der Waals surface area contributed by atoms with Crippen molar-refractivity contribution in [2.24, 2.45) is 0 Å². The summed E-state index contributed by atoms with van der Waals surface area (Å²) in [5.74, 6) is 0.800. The van der Waals surface area contributed by atoms with Crippen LogP contribution < -0.4 is 18.9 Å². The molecule has 3 aromatic rings. The van der Waals surface area contributed by atoms with Gasteiger partial charge in [-0.15, -0.1) is 5.10 Å². The highest BCUT2D eigenvalue weighted by atomic mass is 32.2. The number of nitrogens with zero attached hydrogens (tertiary/aromatic N) is 3. The molecule has 10 heteroatoms. The SMILES string of the molecule is CC.CC.CNSNc1cccc(CN2Cc3ccc(Oc4cccnn4)cc3OC2=O)c1F. The molecular weight excluding hydrogens is 457 g/mol. The van der Waals surface area contributed by atoms with Gasteiger partial charge in [-0.3, -0.25) is 4.90 Å². The molecule has 1 aromatic heterocycles. The van der Waals surface area contributed by atoms with E-state index in [0.29, 0.717) is 35.2 Å². The predicted molar refractivity (Wildman–Crippen MR) is 133 cm³/mol. The second-order valence-corrected chi connectivity index (χ2v) is 7.16. The van der Waals surface area contributed by atoms with Crippen LogP contribution in [0.15, 0.2) is 54.7 Å². The molecule has 2 heterocycles. The van der Waals surface area contributed by atoms with Crippen molar-refractivity contribution in [3.05, 3.63) is 71.7 Å². The van der Waals surface area contributed by atoms with Crippen molar-refractivity contribution in [2.45, 2.75) is 40.8 Å². The van der Waals surface area contributed by atoms with Crippen LogP contribution in [0.5, 0.6) is 17.4 Å². The van der Waals surface area contributed by atoms with E-state index in [-0.39, 0.29) is 6.54 Å². The normalized spacial score (nSPS) is 11.7. The molecule has 0 saturated heterocycles. The average Bonchev–Trinajstić information content (AvgIpc) is 2.88. The number of hydrogen-bond donors (Lipinski definition) is 2. The largest absolute Gasteiger partial charge is 0.437 e. The molecule has 0 unspecified atom stereocenters. The van der Waals surface area contributed by atoms with Crippen LogP contribution in [-0.4, -0.2) is 28.2 Å². The highest BCUT2D eigenvalue weighted by Gasteiger charge is 2.26. The van der Waals surface area contributed by atoms with Gasteiger partial charge in [0.15, 0.2) is 5.82 Å². The van der Waals surface area contributed by atoms with Crippen LogP contribution in [0.4, 0.5) is 14.9 Å². The van der Waals surface area contributed by atoms with Gasteiger partial charge in [0.25, 0.3) is 0 Å². The van der Waals surface area contributed by atoms with Gasteiger partial charge < -0.3 is 14.2 Å². The minimum atomic E-state index is -0.554. The number of ether oxygens (including phenoxy) is 2. The van der Waals surface area contributed by atoms with Gasteiger partial charge >= 0.3 is 6.09 Å². The molecule has 0 spiro atoms. The van der Waals surface area contributed by atoms with E-state index in [2.05, 4.69) is 19.6 Å². The van der Waals surface area contributed by atoms with Crippen LogP contribution >= 0.6 is 12.1 Å². The van der Waals surface area contributed by atoms with E-state index in [1.807, 2.05) is 27.7 Å². The van der Waals surface area contributed by atoms with Crippen molar-refractivity contribution in [3.63, 3.8) is 0 Å². The first kappa shape index (κ1) is 26.9. The Morgan fingerprint density at radius 3 is 2.65 bits per heavy atom. The van der Waals surface area contributed by atoms with Crippen molar-refractivity contribution in [1.29, 1.82) is 0 Å². The second-order valence-electron chi connectivity index (χ2n) is 6.34. The zero-order valence-corrected chi connectivity index (χ0v) is 20.8. The highest BCUT2D eigenvalue weighted by Crippen LogP contribution is 2.33. The van der Waals surface area contributed by atoms with E-state index in [0.717, 1.165) is 17.7 Å². The van der Waals surface area contributed by atoms with E-state index in [4.69, 9.17) is 9.47 Å². The van der Waals surface area contributed by atoms with Crippen molar-refractivity contribution >= 4 is 23.9 Å². The van der Waals surface area contributed by atoms with Crippen LogP contribution in [0.25, 0.3) is 0 Å². The Bertz CT molecular complexity index is 1060. The third-order valence-corrected chi connectivity index (χ3v) is 4.85. The molecule has 0 fully saturated rings. The fourth-order valence-electron chi connectivity index (χ4n) is 2.93. The number of fused-ring (bicyclic) bond motifs is 1. The van der Waals surface area contributed by atoms with Gasteiger partial charge in [-0.1, -0.05) is 39.8 Å². The lowest BCUT2D eigenvalue weighted by molar-refractivity contribution is 0.134. The monoisotopic (exact) mass is 487 g/mol. The summed E-state index contributed by atoms with van der Waals surface area (Å²) in [5.41, 5.74) is 1.52. The Balaban J connectivity index is 0.000000970. The molecule has 0 aliphatic carbocycles. The zero-order valence-electron chi connectivity index (χ0n) is 20.0. The molecule has 4 rings (SSSR count). The van der Waals surface area contributed by atoms with E-state index in [1.165, 1.54) is 4.90 Å². The number of amides is 1. The highest BCUT2D eigenvalue weighted by molar-refractivity contribution is 7.98. The molecule has 1 aliphatic rings. The van der Waals surface area contributed by atoms with Gasteiger partial charge in [0.1, 0.15) is 11.5 Å². The minimum absolute atomic E-state index is 0.0850. The summed E-state index contributed by atoms with van der Waals surface area (Å²) in [6.07, 6.45) is 0.992. The lowest BCUT2D eigenvalue weighted by Gasteiger charge is -2.28. The maximum Gasteiger partial charge on any atom is 0.415 e. The summed E-state index contributed by atoms with van der Waals surface area (Å²) in [7, 11) is 1.73. The van der Waals surface area contributed by atoms with Crippen molar-refractivity contribution < 1.29 is 18.7 Å². The molecule has 8 nitrogen and oxygen atoms in total. The molecule has 2 aromatic carbocycles. The summed E-state index contributed by atoms with van der Waals surface area (Å²) in [6, 6.07) is 13.6. The van der Waals surface area contributed by atoms with Gasteiger partial charge in [0.05, 0.1) is 18.8 Å². The second kappa shape index (κ2) is 14.0. The Labute approximate surface area is 204 Å². The third-order valence-electron chi connectivity index (χ3n) is 4.33. The lowest BCUT2D eigenvalue weighted by Crippen LogP contribution is -2.36. The topological polar surface area (TPSA) is 88.6 Å². The first-order chi connectivity index (χ1) is 16.6. The third kappa shape index (κ3) is 7.06. The van der Waals surface area contributed by atoms with Crippen molar-refractivity contribution in [2.75, 3.05) is 11.8 Å². The molecule has 1 amide bonds. The number of carbonyl (C=O) groups is 1. The fourth-order valence-corrected chi connectivity index (χ4v) is 3.30. The maximum atomic E-state index is 14.7. The first-order valence-electron chi connectivity index (χ1n) is 11.1. The standard InChI is InChI=1S/C20H18FN5O3S.2C2H6/c1-22-30-25-16-5-2-4-14(19(16)21)12-26-11-13-7-8-15(10-17(13)29-20(26)27)28-18-6-3-9-23-24-18;2*1-2/h2-10,22,25H,11-12H2,1H3;2*1-2H3. The Morgan fingerprint density at radius 2 is 1.94 bits per heavy atom. The molecule has 0 bridgehead atoms. The van der Waals surface area contributed by atoms with E-state index < -0.39 is 11.9 Å². The van der Waals surface area contributed by atoms with Crippen LogP contribution in [0.1, 0.15) is 38.8 Å². The molecular formula is C24H30FN5O3S. The summed E-state index contributed by atoms with van der Waals surface area (Å²) < 4.78 is 31.5. The van der Waals surface area contributed by atoms with Gasteiger partial charge in [0, 0.05) is 41.6 Å². The minimum Gasteiger partial charge on any atom is -0.437 e. The molecule has 0 radical (unpaired) electrons. The summed E-state index contributed by atoms with van der Waals surface area (Å²) in [5, 5.41) is 7.61. The van der Waals surface area contributed by atoms with Gasteiger partial charge in [-0.05, 0) is 31.3 Å². The Kier molecular flexibility index (Phi) is 11.1. The molecule has 182 valence electrons. The number of rotatable bonds is 7. The smallest absolute Gasteiger partial charge is 0.415 e. The van der Waals surface area contributed by atoms with Crippen molar-refractivity contribution in [1.82, 2.24) is 19.8 Å². The molecule has 2 N–H and O–H groups in total.